The number of nitrogens with one attached hydrogen (secondary N) is 1. The van der Waals surface area contributed by atoms with Gasteiger partial charge in [-0.15, -0.1) is 4.91 Å². The summed E-state index contributed by atoms with van der Waals surface area (Å²) >= 11 is 0. The van der Waals surface area contributed by atoms with E-state index in [-0.39, 0.29) is 11.4 Å². The SMILES string of the molecule is COc1c(F)ccc2c1NC(=O)C2N=O. The quantitative estimate of drug-likeness (QED) is 0.753. The lowest BCUT2D eigenvalue weighted by molar-refractivity contribution is -0.116. The van der Waals surface area contributed by atoms with Crippen LogP contribution in [0.1, 0.15) is 11.6 Å². The molecule has 0 bridgehead atoms. The van der Waals surface area contributed by atoms with Crippen molar-refractivity contribution in [2.75, 3.05) is 12.4 Å². The third kappa shape index (κ3) is 1.25. The third-order valence-electron chi connectivity index (χ3n) is 2.24. The van der Waals surface area contributed by atoms with Gasteiger partial charge in [0.05, 0.1) is 12.8 Å². The Morgan fingerprint density at radius 2 is 2.27 bits per heavy atom. The van der Waals surface area contributed by atoms with Crippen LogP contribution in [0.15, 0.2) is 17.3 Å². The van der Waals surface area contributed by atoms with Crippen LogP contribution in [0.3, 0.4) is 0 Å². The van der Waals surface area contributed by atoms with E-state index in [1.807, 2.05) is 0 Å². The second kappa shape index (κ2) is 3.30. The summed E-state index contributed by atoms with van der Waals surface area (Å²) in [5.41, 5.74) is 0.528. The minimum atomic E-state index is -1.12. The van der Waals surface area contributed by atoms with Crippen LogP contribution in [0, 0.1) is 10.7 Å². The Hall–Kier alpha value is -1.98. The van der Waals surface area contributed by atoms with E-state index in [9.17, 15) is 14.1 Å². The van der Waals surface area contributed by atoms with Crippen LogP contribution in [0.4, 0.5) is 10.1 Å². The minimum Gasteiger partial charge on any atom is -0.492 e. The van der Waals surface area contributed by atoms with E-state index in [0.29, 0.717) is 5.56 Å². The van der Waals surface area contributed by atoms with Crippen LogP contribution >= 0.6 is 0 Å². The largest absolute Gasteiger partial charge is 0.492 e. The number of amides is 1. The van der Waals surface area contributed by atoms with Gasteiger partial charge in [-0.05, 0) is 6.07 Å². The monoisotopic (exact) mass is 210 g/mol. The first-order chi connectivity index (χ1) is 7.19. The van der Waals surface area contributed by atoms with Gasteiger partial charge in [-0.3, -0.25) is 4.79 Å². The molecule has 1 N–H and O–H groups in total. The van der Waals surface area contributed by atoms with E-state index >= 15 is 0 Å². The van der Waals surface area contributed by atoms with E-state index in [1.54, 1.807) is 0 Å². The number of ether oxygens (including phenoxy) is 1. The topological polar surface area (TPSA) is 67.8 Å². The number of hydrogen-bond acceptors (Lipinski definition) is 4. The molecule has 1 aliphatic heterocycles. The molecule has 1 amide bonds. The van der Waals surface area contributed by atoms with E-state index < -0.39 is 17.8 Å². The molecule has 0 saturated heterocycles. The van der Waals surface area contributed by atoms with E-state index in [2.05, 4.69) is 10.5 Å². The lowest BCUT2D eigenvalue weighted by atomic mass is 10.1. The highest BCUT2D eigenvalue weighted by Gasteiger charge is 2.34. The lowest BCUT2D eigenvalue weighted by Crippen LogP contribution is -2.09. The summed E-state index contributed by atoms with van der Waals surface area (Å²) in [5.74, 6) is -1.24. The molecule has 1 atom stereocenters. The maximum Gasteiger partial charge on any atom is 0.257 e. The van der Waals surface area contributed by atoms with Gasteiger partial charge < -0.3 is 10.1 Å². The summed E-state index contributed by atoms with van der Waals surface area (Å²) in [6, 6.07) is 1.36. The zero-order valence-electron chi connectivity index (χ0n) is 7.78. The highest BCUT2D eigenvalue weighted by Crippen LogP contribution is 2.41. The molecule has 0 aliphatic carbocycles. The lowest BCUT2D eigenvalue weighted by Gasteiger charge is -2.07. The Morgan fingerprint density at radius 1 is 1.53 bits per heavy atom. The number of nitrogens with zero attached hydrogens (tertiary/aromatic N) is 1. The van der Waals surface area contributed by atoms with Crippen molar-refractivity contribution < 1.29 is 13.9 Å². The van der Waals surface area contributed by atoms with E-state index in [0.717, 1.165) is 6.07 Å². The number of rotatable bonds is 2. The highest BCUT2D eigenvalue weighted by atomic mass is 19.1. The molecule has 0 radical (unpaired) electrons. The number of fused-ring (bicyclic) bond motifs is 1. The molecule has 1 aromatic rings. The first-order valence-electron chi connectivity index (χ1n) is 4.18. The standard InChI is InChI=1S/C9H7FN2O3/c1-15-8-5(10)3-2-4-6(8)11-9(13)7(4)12-14/h2-3,7H,1H3,(H,11,13). The van der Waals surface area contributed by atoms with Crippen molar-refractivity contribution in [2.24, 2.45) is 5.18 Å². The van der Waals surface area contributed by atoms with Crippen LogP contribution < -0.4 is 10.1 Å². The third-order valence-corrected chi connectivity index (χ3v) is 2.24. The molecule has 0 spiro atoms. The van der Waals surface area contributed by atoms with Crippen LogP contribution in [-0.4, -0.2) is 13.0 Å². The summed E-state index contributed by atoms with van der Waals surface area (Å²) in [5, 5.41) is 5.04. The zero-order chi connectivity index (χ0) is 11.0. The Bertz CT molecular complexity index is 447. The number of benzene rings is 1. The smallest absolute Gasteiger partial charge is 0.257 e. The molecule has 1 heterocycles. The van der Waals surface area contributed by atoms with Gasteiger partial charge in [-0.2, -0.15) is 0 Å². The Kier molecular flexibility index (Phi) is 2.11. The van der Waals surface area contributed by atoms with Gasteiger partial charge in [0.1, 0.15) is 0 Å². The number of carbonyl (C=O) groups excluding carboxylic acids is 1. The Morgan fingerprint density at radius 3 is 2.87 bits per heavy atom. The van der Waals surface area contributed by atoms with E-state index in [4.69, 9.17) is 4.74 Å². The van der Waals surface area contributed by atoms with Crippen molar-refractivity contribution in [1.29, 1.82) is 0 Å². The summed E-state index contributed by atoms with van der Waals surface area (Å²) in [6.07, 6.45) is 0. The summed E-state index contributed by atoms with van der Waals surface area (Å²) in [4.78, 5) is 21.7. The number of nitroso groups, excluding NO2 is 1. The van der Waals surface area contributed by atoms with Crippen molar-refractivity contribution in [1.82, 2.24) is 0 Å². The molecule has 5 nitrogen and oxygen atoms in total. The van der Waals surface area contributed by atoms with Gasteiger partial charge in [0.2, 0.25) is 0 Å². The van der Waals surface area contributed by atoms with Crippen molar-refractivity contribution >= 4 is 11.6 Å². The fourth-order valence-corrected chi connectivity index (χ4v) is 1.57. The predicted molar refractivity (Wildman–Crippen MR) is 50.1 cm³/mol. The fourth-order valence-electron chi connectivity index (χ4n) is 1.57. The maximum absolute atomic E-state index is 13.2. The Balaban J connectivity index is 2.62. The van der Waals surface area contributed by atoms with Gasteiger partial charge in [0.15, 0.2) is 17.6 Å². The van der Waals surface area contributed by atoms with Gasteiger partial charge in [0.25, 0.3) is 5.91 Å². The summed E-state index contributed by atoms with van der Waals surface area (Å²) in [6.45, 7) is 0. The number of halogens is 1. The molecule has 15 heavy (non-hydrogen) atoms. The van der Waals surface area contributed by atoms with Crippen LogP contribution in [0.5, 0.6) is 5.75 Å². The molecule has 0 aromatic heterocycles. The molecule has 1 aliphatic rings. The number of hydrogen-bond donors (Lipinski definition) is 1. The minimum absolute atomic E-state index is 0.0769. The van der Waals surface area contributed by atoms with Gasteiger partial charge in [-0.1, -0.05) is 11.2 Å². The summed E-state index contributed by atoms with van der Waals surface area (Å²) < 4.78 is 18.0. The average Bonchev–Trinajstić information content (AvgIpc) is 2.53. The molecule has 2 rings (SSSR count). The van der Waals surface area contributed by atoms with Crippen LogP contribution in [-0.2, 0) is 4.79 Å². The van der Waals surface area contributed by atoms with Crippen LogP contribution in [0.2, 0.25) is 0 Å². The average molecular weight is 210 g/mol. The second-order valence-electron chi connectivity index (χ2n) is 3.04. The molecule has 0 fully saturated rings. The molecule has 6 heteroatoms. The van der Waals surface area contributed by atoms with Gasteiger partial charge in [0, 0.05) is 5.56 Å². The molecule has 1 unspecified atom stereocenters. The van der Waals surface area contributed by atoms with Crippen molar-refractivity contribution in [3.05, 3.63) is 28.4 Å². The zero-order valence-corrected chi connectivity index (χ0v) is 7.78. The molecular weight excluding hydrogens is 203 g/mol. The first-order valence-corrected chi connectivity index (χ1v) is 4.18. The second-order valence-corrected chi connectivity index (χ2v) is 3.04. The van der Waals surface area contributed by atoms with Crippen LogP contribution in [0.25, 0.3) is 0 Å². The molecule has 78 valence electrons. The number of carbonyl (C=O) groups is 1. The number of anilines is 1. The van der Waals surface area contributed by atoms with E-state index in [1.165, 1.54) is 13.2 Å². The normalized spacial score (nSPS) is 18.3. The molecule has 1 aromatic carbocycles. The van der Waals surface area contributed by atoms with Crippen molar-refractivity contribution in [2.45, 2.75) is 6.04 Å². The fraction of sp³-hybridized carbons (Fsp3) is 0.222. The van der Waals surface area contributed by atoms with Gasteiger partial charge in [-0.25, -0.2) is 4.39 Å². The van der Waals surface area contributed by atoms with Crippen molar-refractivity contribution in [3.63, 3.8) is 0 Å². The first kappa shape index (κ1) is 9.57. The number of methoxy groups -OCH3 is 1. The Labute approximate surface area is 84.2 Å². The molecular formula is C9H7FN2O3. The van der Waals surface area contributed by atoms with Crippen molar-refractivity contribution in [3.8, 4) is 5.75 Å². The maximum atomic E-state index is 13.2. The molecule has 0 saturated carbocycles. The predicted octanol–water partition coefficient (Wildman–Crippen LogP) is 1.59. The van der Waals surface area contributed by atoms with Gasteiger partial charge >= 0.3 is 0 Å². The highest BCUT2D eigenvalue weighted by molar-refractivity contribution is 6.04. The summed E-state index contributed by atoms with van der Waals surface area (Å²) in [7, 11) is 1.28.